The van der Waals surface area contributed by atoms with E-state index in [4.69, 9.17) is 5.11 Å². The molecule has 0 amide bonds. The molecule has 1 atom stereocenters. The number of fused-ring (bicyclic) bond motifs is 1. The zero-order chi connectivity index (χ0) is 13.0. The van der Waals surface area contributed by atoms with Crippen molar-refractivity contribution in [3.05, 3.63) is 18.2 Å². The first kappa shape index (κ1) is 13.6. The van der Waals surface area contributed by atoms with Crippen molar-refractivity contribution in [2.24, 2.45) is 0 Å². The zero-order valence-corrected chi connectivity index (χ0v) is 11.7. The predicted octanol–water partition coefficient (Wildman–Crippen LogP) is 2.17. The lowest BCUT2D eigenvalue weighted by atomic mass is 10.3. The third-order valence-electron chi connectivity index (χ3n) is 2.39. The minimum atomic E-state index is -0.728. The number of anilines is 1. The topological polar surface area (TPSA) is 65.4 Å². The van der Waals surface area contributed by atoms with Gasteiger partial charge in [0.25, 0.3) is 0 Å². The number of aliphatic hydroxyl groups is 2. The Bertz CT molecular complexity index is 516. The second-order valence-corrected chi connectivity index (χ2v) is 6.35. The number of benzene rings is 1. The molecule has 0 aliphatic heterocycles. The number of thiazole rings is 1. The van der Waals surface area contributed by atoms with E-state index in [0.29, 0.717) is 6.54 Å². The van der Waals surface area contributed by atoms with Crippen molar-refractivity contribution in [2.75, 3.05) is 24.2 Å². The highest BCUT2D eigenvalue weighted by molar-refractivity contribution is 8.01. The van der Waals surface area contributed by atoms with E-state index in [2.05, 4.69) is 17.2 Å². The standard InChI is InChI=1S/C12H16N2O2S2/c1-2-17-12-14-10-4-3-8(5-11(10)18-12)13-6-9(16)7-15/h3-5,9,13,15-16H,2,6-7H2,1H3. The van der Waals surface area contributed by atoms with Crippen molar-refractivity contribution in [1.29, 1.82) is 0 Å². The molecule has 0 saturated heterocycles. The number of aliphatic hydroxyl groups excluding tert-OH is 2. The van der Waals surface area contributed by atoms with Gasteiger partial charge in [0.2, 0.25) is 0 Å². The van der Waals surface area contributed by atoms with Crippen molar-refractivity contribution >= 4 is 39.0 Å². The maximum atomic E-state index is 9.28. The molecule has 0 aliphatic rings. The Morgan fingerprint density at radius 3 is 3.06 bits per heavy atom. The Morgan fingerprint density at radius 2 is 2.33 bits per heavy atom. The fourth-order valence-corrected chi connectivity index (χ4v) is 3.50. The molecule has 6 heteroatoms. The highest BCUT2D eigenvalue weighted by Crippen LogP contribution is 2.30. The quantitative estimate of drug-likeness (QED) is 0.710. The van der Waals surface area contributed by atoms with Crippen LogP contribution in [0.4, 0.5) is 5.69 Å². The number of rotatable bonds is 6. The lowest BCUT2D eigenvalue weighted by molar-refractivity contribution is 0.105. The SMILES string of the molecule is CCSc1nc2ccc(NCC(O)CO)cc2s1. The van der Waals surface area contributed by atoms with E-state index >= 15 is 0 Å². The van der Waals surface area contributed by atoms with Crippen LogP contribution in [0.2, 0.25) is 0 Å². The van der Waals surface area contributed by atoms with Crippen molar-refractivity contribution in [1.82, 2.24) is 4.98 Å². The lowest BCUT2D eigenvalue weighted by Gasteiger charge is -2.09. The Hall–Kier alpha value is -0.820. The average Bonchev–Trinajstić information content (AvgIpc) is 2.77. The van der Waals surface area contributed by atoms with Gasteiger partial charge in [0, 0.05) is 12.2 Å². The van der Waals surface area contributed by atoms with Crippen LogP contribution in [0.3, 0.4) is 0 Å². The number of nitrogens with one attached hydrogen (secondary N) is 1. The second-order valence-electron chi connectivity index (χ2n) is 3.81. The Labute approximate surface area is 114 Å². The van der Waals surface area contributed by atoms with Crippen molar-refractivity contribution in [3.8, 4) is 0 Å². The maximum absolute atomic E-state index is 9.28. The van der Waals surface area contributed by atoms with E-state index in [1.807, 2.05) is 18.2 Å². The largest absolute Gasteiger partial charge is 0.394 e. The summed E-state index contributed by atoms with van der Waals surface area (Å²) < 4.78 is 2.22. The van der Waals surface area contributed by atoms with Gasteiger partial charge >= 0.3 is 0 Å². The minimum Gasteiger partial charge on any atom is -0.394 e. The number of aromatic nitrogens is 1. The molecule has 0 radical (unpaired) electrons. The molecule has 1 heterocycles. The summed E-state index contributed by atoms with van der Waals surface area (Å²) in [5.74, 6) is 1.02. The minimum absolute atomic E-state index is 0.229. The molecule has 0 saturated carbocycles. The van der Waals surface area contributed by atoms with Crippen molar-refractivity contribution in [3.63, 3.8) is 0 Å². The summed E-state index contributed by atoms with van der Waals surface area (Å²) in [6.45, 7) is 2.23. The molecule has 1 aromatic carbocycles. The second kappa shape index (κ2) is 6.38. The van der Waals surface area contributed by atoms with Crippen LogP contribution in [0, 0.1) is 0 Å². The zero-order valence-electron chi connectivity index (χ0n) is 10.1. The van der Waals surface area contributed by atoms with Gasteiger partial charge in [-0.15, -0.1) is 11.3 Å². The van der Waals surface area contributed by atoms with Crippen molar-refractivity contribution < 1.29 is 10.2 Å². The number of hydrogen-bond donors (Lipinski definition) is 3. The predicted molar refractivity (Wildman–Crippen MR) is 77.6 cm³/mol. The molecule has 0 spiro atoms. The van der Waals surface area contributed by atoms with Crippen LogP contribution in [0.15, 0.2) is 22.5 Å². The van der Waals surface area contributed by atoms with Gasteiger partial charge in [-0.3, -0.25) is 0 Å². The van der Waals surface area contributed by atoms with Crippen LogP contribution < -0.4 is 5.32 Å². The molecule has 2 rings (SSSR count). The van der Waals surface area contributed by atoms with Gasteiger partial charge in [-0.05, 0) is 24.0 Å². The summed E-state index contributed by atoms with van der Waals surface area (Å²) in [6, 6.07) is 5.93. The van der Waals surface area contributed by atoms with Gasteiger partial charge in [-0.25, -0.2) is 4.98 Å². The van der Waals surface area contributed by atoms with Gasteiger partial charge in [-0.1, -0.05) is 18.7 Å². The first-order valence-electron chi connectivity index (χ1n) is 5.79. The Morgan fingerprint density at radius 1 is 1.50 bits per heavy atom. The van der Waals surface area contributed by atoms with E-state index in [-0.39, 0.29) is 6.61 Å². The summed E-state index contributed by atoms with van der Waals surface area (Å²) >= 11 is 3.42. The summed E-state index contributed by atoms with van der Waals surface area (Å²) in [5, 5.41) is 21.1. The molecule has 2 aromatic rings. The van der Waals surface area contributed by atoms with E-state index in [0.717, 1.165) is 26.0 Å². The van der Waals surface area contributed by atoms with Crippen LogP contribution in [-0.4, -0.2) is 40.2 Å². The molecule has 3 N–H and O–H groups in total. The first-order valence-corrected chi connectivity index (χ1v) is 7.59. The van der Waals surface area contributed by atoms with Gasteiger partial charge in [-0.2, -0.15) is 0 Å². The highest BCUT2D eigenvalue weighted by atomic mass is 32.2. The smallest absolute Gasteiger partial charge is 0.151 e. The molecule has 0 fully saturated rings. The number of nitrogens with zero attached hydrogens (tertiary/aromatic N) is 1. The summed E-state index contributed by atoms with van der Waals surface area (Å²) in [5.41, 5.74) is 1.94. The molecule has 4 nitrogen and oxygen atoms in total. The normalized spacial score (nSPS) is 12.8. The fraction of sp³-hybridized carbons (Fsp3) is 0.417. The van der Waals surface area contributed by atoms with Gasteiger partial charge in [0.15, 0.2) is 4.34 Å². The summed E-state index contributed by atoms with van der Waals surface area (Å²) in [4.78, 5) is 4.52. The molecule has 0 bridgehead atoms. The lowest BCUT2D eigenvalue weighted by Crippen LogP contribution is -2.22. The van der Waals surface area contributed by atoms with Gasteiger partial charge in [0.1, 0.15) is 0 Å². The van der Waals surface area contributed by atoms with Crippen LogP contribution in [-0.2, 0) is 0 Å². The molecular weight excluding hydrogens is 268 g/mol. The molecule has 98 valence electrons. The highest BCUT2D eigenvalue weighted by Gasteiger charge is 2.06. The molecule has 18 heavy (non-hydrogen) atoms. The summed E-state index contributed by atoms with van der Waals surface area (Å²) in [6.07, 6.45) is -0.728. The monoisotopic (exact) mass is 284 g/mol. The average molecular weight is 284 g/mol. The molecule has 1 unspecified atom stereocenters. The first-order chi connectivity index (χ1) is 8.72. The van der Waals surface area contributed by atoms with E-state index in [9.17, 15) is 5.11 Å². The third-order valence-corrected chi connectivity index (χ3v) is 4.43. The van der Waals surface area contributed by atoms with Crippen LogP contribution >= 0.6 is 23.1 Å². The Kier molecular flexibility index (Phi) is 4.82. The molecule has 1 aromatic heterocycles. The number of thioether (sulfide) groups is 1. The van der Waals surface area contributed by atoms with Crippen molar-refractivity contribution in [2.45, 2.75) is 17.4 Å². The fourth-order valence-electron chi connectivity index (χ4n) is 1.50. The van der Waals surface area contributed by atoms with Crippen LogP contribution in [0.1, 0.15) is 6.92 Å². The molecule has 0 aliphatic carbocycles. The molecular formula is C12H16N2O2S2. The Balaban J connectivity index is 2.11. The van der Waals surface area contributed by atoms with E-state index in [1.165, 1.54) is 0 Å². The summed E-state index contributed by atoms with van der Waals surface area (Å²) in [7, 11) is 0. The van der Waals surface area contributed by atoms with Gasteiger partial charge < -0.3 is 15.5 Å². The number of hydrogen-bond acceptors (Lipinski definition) is 6. The maximum Gasteiger partial charge on any atom is 0.151 e. The van der Waals surface area contributed by atoms with Crippen LogP contribution in [0.25, 0.3) is 10.2 Å². The van der Waals surface area contributed by atoms with E-state index < -0.39 is 6.10 Å². The van der Waals surface area contributed by atoms with Crippen LogP contribution in [0.5, 0.6) is 0 Å². The van der Waals surface area contributed by atoms with Gasteiger partial charge in [0.05, 0.1) is 22.9 Å². The van der Waals surface area contributed by atoms with E-state index in [1.54, 1.807) is 23.1 Å². The third kappa shape index (κ3) is 3.35.